The third-order valence-electron chi connectivity index (χ3n) is 5.90. The highest BCUT2D eigenvalue weighted by molar-refractivity contribution is 7.89. The van der Waals surface area contributed by atoms with Crippen LogP contribution in [0.15, 0.2) is 30.3 Å². The van der Waals surface area contributed by atoms with Gasteiger partial charge in [-0.3, -0.25) is 4.79 Å². The fourth-order valence-corrected chi connectivity index (χ4v) is 5.80. The van der Waals surface area contributed by atoms with Gasteiger partial charge in [0.2, 0.25) is 15.9 Å². The van der Waals surface area contributed by atoms with Gasteiger partial charge in [-0.25, -0.2) is 12.7 Å². The van der Waals surface area contributed by atoms with Gasteiger partial charge in [-0.1, -0.05) is 43.7 Å². The standard InChI is InChI=1S/C20H30N2O3S/c1-2-3-15-26(24,25)22-13-11-20(12-14-22)10-9-19(23)21(17-20)16-18-7-5-4-6-8-18/h4-8H,2-3,9-17H2,1H3. The van der Waals surface area contributed by atoms with Crippen LogP contribution in [0.5, 0.6) is 0 Å². The lowest BCUT2D eigenvalue weighted by molar-refractivity contribution is -0.139. The normalized spacial score (nSPS) is 21.3. The van der Waals surface area contributed by atoms with E-state index in [1.807, 2.05) is 30.0 Å². The average Bonchev–Trinajstić information content (AvgIpc) is 2.65. The minimum absolute atomic E-state index is 0.0828. The molecule has 5 nitrogen and oxygen atoms in total. The maximum Gasteiger partial charge on any atom is 0.222 e. The van der Waals surface area contributed by atoms with Crippen molar-refractivity contribution in [1.82, 2.24) is 9.21 Å². The Morgan fingerprint density at radius 1 is 1.08 bits per heavy atom. The van der Waals surface area contributed by atoms with Crippen molar-refractivity contribution in [3.63, 3.8) is 0 Å². The van der Waals surface area contributed by atoms with Gasteiger partial charge in [0.15, 0.2) is 0 Å². The second-order valence-electron chi connectivity index (χ2n) is 7.80. The van der Waals surface area contributed by atoms with E-state index in [0.717, 1.165) is 44.2 Å². The number of rotatable bonds is 6. The summed E-state index contributed by atoms with van der Waals surface area (Å²) in [4.78, 5) is 14.4. The van der Waals surface area contributed by atoms with Gasteiger partial charge in [0.05, 0.1) is 5.75 Å². The van der Waals surface area contributed by atoms with Gasteiger partial charge < -0.3 is 4.90 Å². The first-order chi connectivity index (χ1) is 12.4. The van der Waals surface area contributed by atoms with Crippen molar-refractivity contribution in [2.75, 3.05) is 25.4 Å². The highest BCUT2D eigenvalue weighted by atomic mass is 32.2. The van der Waals surface area contributed by atoms with Crippen molar-refractivity contribution >= 4 is 15.9 Å². The molecule has 26 heavy (non-hydrogen) atoms. The first-order valence-corrected chi connectivity index (χ1v) is 11.3. The molecule has 0 N–H and O–H groups in total. The molecule has 2 saturated heterocycles. The zero-order chi connectivity index (χ0) is 18.6. The Bertz CT molecular complexity index is 710. The van der Waals surface area contributed by atoms with Crippen molar-refractivity contribution in [3.05, 3.63) is 35.9 Å². The number of hydrogen-bond acceptors (Lipinski definition) is 3. The van der Waals surface area contributed by atoms with Crippen LogP contribution < -0.4 is 0 Å². The lowest BCUT2D eigenvalue weighted by Crippen LogP contribution is -2.52. The van der Waals surface area contributed by atoms with Crippen LogP contribution in [0.1, 0.15) is 51.0 Å². The topological polar surface area (TPSA) is 57.7 Å². The van der Waals surface area contributed by atoms with Crippen molar-refractivity contribution in [2.45, 2.75) is 52.0 Å². The lowest BCUT2D eigenvalue weighted by Gasteiger charge is -2.47. The number of amides is 1. The molecule has 0 bridgehead atoms. The molecule has 3 rings (SSSR count). The molecule has 2 aliphatic heterocycles. The molecule has 0 saturated carbocycles. The quantitative estimate of drug-likeness (QED) is 0.764. The van der Waals surface area contributed by atoms with Gasteiger partial charge in [0, 0.05) is 32.6 Å². The maximum atomic E-state index is 12.4. The van der Waals surface area contributed by atoms with E-state index in [-0.39, 0.29) is 17.1 Å². The van der Waals surface area contributed by atoms with E-state index in [9.17, 15) is 13.2 Å². The Kier molecular flexibility index (Phi) is 6.03. The largest absolute Gasteiger partial charge is 0.338 e. The molecule has 0 atom stereocenters. The summed E-state index contributed by atoms with van der Waals surface area (Å²) in [6.45, 7) is 4.61. The van der Waals surface area contributed by atoms with Crippen LogP contribution in [0.3, 0.4) is 0 Å². The van der Waals surface area contributed by atoms with Gasteiger partial charge in [-0.2, -0.15) is 0 Å². The Hall–Kier alpha value is -1.40. The maximum absolute atomic E-state index is 12.4. The summed E-state index contributed by atoms with van der Waals surface area (Å²) < 4.78 is 26.5. The number of carbonyl (C=O) groups is 1. The summed E-state index contributed by atoms with van der Waals surface area (Å²) in [6.07, 6.45) is 4.81. The van der Waals surface area contributed by atoms with E-state index in [1.54, 1.807) is 4.31 Å². The first kappa shape index (κ1) is 19.4. The number of likely N-dealkylation sites (tertiary alicyclic amines) is 1. The predicted molar refractivity (Wildman–Crippen MR) is 103 cm³/mol. The molecule has 1 aromatic carbocycles. The number of unbranched alkanes of at least 4 members (excludes halogenated alkanes) is 1. The molecule has 144 valence electrons. The smallest absolute Gasteiger partial charge is 0.222 e. The Labute approximate surface area is 157 Å². The Morgan fingerprint density at radius 3 is 2.42 bits per heavy atom. The highest BCUT2D eigenvalue weighted by Gasteiger charge is 2.42. The molecule has 6 heteroatoms. The summed E-state index contributed by atoms with van der Waals surface area (Å²) in [5.41, 5.74) is 1.23. The molecule has 1 spiro atoms. The van der Waals surface area contributed by atoms with Crippen molar-refractivity contribution in [1.29, 1.82) is 0 Å². The number of benzene rings is 1. The lowest BCUT2D eigenvalue weighted by atomic mass is 9.72. The molecule has 2 heterocycles. The summed E-state index contributed by atoms with van der Waals surface area (Å²) >= 11 is 0. The highest BCUT2D eigenvalue weighted by Crippen LogP contribution is 2.41. The fourth-order valence-electron chi connectivity index (χ4n) is 4.15. The average molecular weight is 379 g/mol. The molecule has 2 fully saturated rings. The monoisotopic (exact) mass is 378 g/mol. The molecule has 1 aromatic rings. The van der Waals surface area contributed by atoms with Crippen LogP contribution in [0, 0.1) is 5.41 Å². The van der Waals surface area contributed by atoms with E-state index in [0.29, 0.717) is 26.1 Å². The number of hydrogen-bond donors (Lipinski definition) is 0. The molecular weight excluding hydrogens is 348 g/mol. The van der Waals surface area contributed by atoms with Crippen molar-refractivity contribution in [2.24, 2.45) is 5.41 Å². The fraction of sp³-hybridized carbons (Fsp3) is 0.650. The Morgan fingerprint density at radius 2 is 1.77 bits per heavy atom. The van der Waals surface area contributed by atoms with Gasteiger partial charge >= 0.3 is 0 Å². The van der Waals surface area contributed by atoms with Crippen LogP contribution in [-0.4, -0.2) is 48.9 Å². The van der Waals surface area contributed by atoms with Crippen LogP contribution in [0.25, 0.3) is 0 Å². The van der Waals surface area contributed by atoms with Crippen LogP contribution in [-0.2, 0) is 21.4 Å². The van der Waals surface area contributed by atoms with Gasteiger partial charge in [0.25, 0.3) is 0 Å². The van der Waals surface area contributed by atoms with E-state index < -0.39 is 10.0 Å². The van der Waals surface area contributed by atoms with E-state index in [4.69, 9.17) is 0 Å². The number of nitrogens with zero attached hydrogens (tertiary/aromatic N) is 2. The molecule has 0 aliphatic carbocycles. The second kappa shape index (κ2) is 8.09. The number of piperidine rings is 2. The van der Waals surface area contributed by atoms with Crippen LogP contribution >= 0.6 is 0 Å². The third-order valence-corrected chi connectivity index (χ3v) is 7.85. The van der Waals surface area contributed by atoms with Gasteiger partial charge in [-0.05, 0) is 36.7 Å². The minimum Gasteiger partial charge on any atom is -0.338 e. The summed E-state index contributed by atoms with van der Waals surface area (Å²) in [7, 11) is -3.12. The molecular formula is C20H30N2O3S. The Balaban J connectivity index is 1.62. The number of carbonyl (C=O) groups excluding carboxylic acids is 1. The van der Waals surface area contributed by atoms with Crippen LogP contribution in [0.4, 0.5) is 0 Å². The third kappa shape index (κ3) is 4.46. The second-order valence-corrected chi connectivity index (χ2v) is 9.89. The molecule has 0 unspecified atom stereocenters. The SMILES string of the molecule is CCCCS(=O)(=O)N1CCC2(CCC(=O)N(Cc3ccccc3)C2)CC1. The number of sulfonamides is 1. The molecule has 0 aromatic heterocycles. The summed E-state index contributed by atoms with van der Waals surface area (Å²) in [6, 6.07) is 10.1. The molecule has 0 radical (unpaired) electrons. The van der Waals surface area contributed by atoms with E-state index in [1.165, 1.54) is 0 Å². The summed E-state index contributed by atoms with van der Waals surface area (Å²) in [5.74, 6) is 0.479. The van der Waals surface area contributed by atoms with E-state index in [2.05, 4.69) is 12.1 Å². The predicted octanol–water partition coefficient (Wildman–Crippen LogP) is 3.02. The minimum atomic E-state index is -3.12. The first-order valence-electron chi connectivity index (χ1n) is 9.74. The van der Waals surface area contributed by atoms with Crippen molar-refractivity contribution in [3.8, 4) is 0 Å². The molecule has 1 amide bonds. The zero-order valence-corrected chi connectivity index (χ0v) is 16.5. The van der Waals surface area contributed by atoms with Crippen LogP contribution in [0.2, 0.25) is 0 Å². The van der Waals surface area contributed by atoms with Gasteiger partial charge in [0.1, 0.15) is 0 Å². The van der Waals surface area contributed by atoms with Gasteiger partial charge in [-0.15, -0.1) is 0 Å². The molecule has 2 aliphatic rings. The van der Waals surface area contributed by atoms with E-state index >= 15 is 0 Å². The summed E-state index contributed by atoms with van der Waals surface area (Å²) in [5, 5.41) is 0. The zero-order valence-electron chi connectivity index (χ0n) is 15.7. The van der Waals surface area contributed by atoms with Crippen molar-refractivity contribution < 1.29 is 13.2 Å².